The molecule has 0 saturated heterocycles. The second-order valence-electron chi connectivity index (χ2n) is 4.08. The Morgan fingerprint density at radius 1 is 1.10 bits per heavy atom. The van der Waals surface area contributed by atoms with Crippen molar-refractivity contribution in [2.45, 2.75) is 6.92 Å². The van der Waals surface area contributed by atoms with E-state index in [1.54, 1.807) is 24.3 Å². The van der Waals surface area contributed by atoms with Gasteiger partial charge in [0.25, 0.3) is 0 Å². The van der Waals surface area contributed by atoms with Crippen molar-refractivity contribution in [3.8, 4) is 17.6 Å². The van der Waals surface area contributed by atoms with E-state index in [4.69, 9.17) is 4.74 Å². The maximum absolute atomic E-state index is 13.7. The Morgan fingerprint density at radius 3 is 2.38 bits per heavy atom. The average molecular weight is 297 g/mol. The Bertz CT molecular complexity index is 738. The molecular formula is C17H12FNOS. The molecule has 2 rings (SSSR count). The van der Waals surface area contributed by atoms with Gasteiger partial charge in [-0.25, -0.2) is 4.39 Å². The van der Waals surface area contributed by atoms with E-state index in [1.807, 2.05) is 19.1 Å². The lowest BCUT2D eigenvalue weighted by molar-refractivity contribution is 0.321. The highest BCUT2D eigenvalue weighted by molar-refractivity contribution is 7.78. The molecule has 0 aliphatic rings. The third kappa shape index (κ3) is 4.25. The zero-order valence-corrected chi connectivity index (χ0v) is 12.2. The van der Waals surface area contributed by atoms with E-state index in [0.29, 0.717) is 12.2 Å². The number of nitrogens with zero attached hydrogens (tertiary/aromatic N) is 1. The van der Waals surface area contributed by atoms with Gasteiger partial charge in [0.1, 0.15) is 0 Å². The molecule has 0 aliphatic heterocycles. The minimum absolute atomic E-state index is 0.241. The van der Waals surface area contributed by atoms with Gasteiger partial charge in [0.15, 0.2) is 11.6 Å². The van der Waals surface area contributed by atoms with Crippen LogP contribution in [0.4, 0.5) is 10.1 Å². The van der Waals surface area contributed by atoms with Crippen molar-refractivity contribution < 1.29 is 9.13 Å². The first-order valence-electron chi connectivity index (χ1n) is 6.35. The number of isothiocyanates is 1. The summed E-state index contributed by atoms with van der Waals surface area (Å²) in [6.07, 6.45) is 0. The van der Waals surface area contributed by atoms with E-state index in [1.165, 1.54) is 6.07 Å². The lowest BCUT2D eigenvalue weighted by Gasteiger charge is -2.03. The minimum atomic E-state index is -0.408. The van der Waals surface area contributed by atoms with E-state index >= 15 is 0 Å². The predicted molar refractivity (Wildman–Crippen MR) is 84.7 cm³/mol. The summed E-state index contributed by atoms with van der Waals surface area (Å²) < 4.78 is 18.8. The maximum Gasteiger partial charge on any atom is 0.166 e. The zero-order valence-electron chi connectivity index (χ0n) is 11.4. The Balaban J connectivity index is 2.18. The molecule has 2 aromatic rings. The maximum atomic E-state index is 13.7. The van der Waals surface area contributed by atoms with Crippen LogP contribution in [-0.2, 0) is 0 Å². The van der Waals surface area contributed by atoms with E-state index in [-0.39, 0.29) is 5.75 Å². The van der Waals surface area contributed by atoms with Gasteiger partial charge in [-0.2, -0.15) is 4.99 Å². The number of halogens is 1. The van der Waals surface area contributed by atoms with Crippen LogP contribution in [0.2, 0.25) is 0 Å². The molecule has 0 radical (unpaired) electrons. The molecule has 0 saturated carbocycles. The molecule has 0 spiro atoms. The number of benzene rings is 2. The molecule has 0 N–H and O–H groups in total. The smallest absolute Gasteiger partial charge is 0.166 e. The minimum Gasteiger partial charge on any atom is -0.491 e. The molecule has 0 atom stereocenters. The summed E-state index contributed by atoms with van der Waals surface area (Å²) in [7, 11) is 0. The third-order valence-electron chi connectivity index (χ3n) is 2.62. The van der Waals surface area contributed by atoms with Gasteiger partial charge in [-0.1, -0.05) is 11.8 Å². The van der Waals surface area contributed by atoms with Crippen LogP contribution in [0.5, 0.6) is 5.75 Å². The number of hydrogen-bond acceptors (Lipinski definition) is 3. The Kier molecular flexibility index (Phi) is 5.22. The van der Waals surface area contributed by atoms with E-state index in [9.17, 15) is 4.39 Å². The van der Waals surface area contributed by atoms with Gasteiger partial charge < -0.3 is 4.74 Å². The van der Waals surface area contributed by atoms with Crippen LogP contribution in [-0.4, -0.2) is 11.8 Å². The van der Waals surface area contributed by atoms with E-state index < -0.39 is 5.82 Å². The Labute approximate surface area is 128 Å². The molecule has 0 heterocycles. The molecule has 0 fully saturated rings. The number of aliphatic imine (C=N–C) groups is 1. The largest absolute Gasteiger partial charge is 0.491 e. The van der Waals surface area contributed by atoms with Gasteiger partial charge in [0.2, 0.25) is 0 Å². The van der Waals surface area contributed by atoms with Crippen LogP contribution in [0.25, 0.3) is 0 Å². The summed E-state index contributed by atoms with van der Waals surface area (Å²) in [4.78, 5) is 3.86. The van der Waals surface area contributed by atoms with Crippen molar-refractivity contribution >= 4 is 23.1 Å². The monoisotopic (exact) mass is 297 g/mol. The first-order valence-corrected chi connectivity index (χ1v) is 6.76. The fourth-order valence-electron chi connectivity index (χ4n) is 1.67. The fourth-order valence-corrected chi connectivity index (χ4v) is 1.77. The quantitative estimate of drug-likeness (QED) is 0.477. The molecule has 0 bridgehead atoms. The standard InChI is InChI=1S/C17H12FNOS/c1-2-20-17-10-7-14(11-16(17)18)4-3-13-5-8-15(9-6-13)19-12-21/h5-11H,2H2,1H3. The molecule has 0 aromatic heterocycles. The molecule has 0 amide bonds. The highest BCUT2D eigenvalue weighted by Gasteiger charge is 2.02. The van der Waals surface area contributed by atoms with Gasteiger partial charge in [0, 0.05) is 11.1 Å². The van der Waals surface area contributed by atoms with Crippen molar-refractivity contribution in [2.75, 3.05) is 6.61 Å². The van der Waals surface area contributed by atoms with Crippen LogP contribution < -0.4 is 4.74 Å². The van der Waals surface area contributed by atoms with Gasteiger partial charge in [0.05, 0.1) is 17.5 Å². The van der Waals surface area contributed by atoms with Crippen LogP contribution in [0.3, 0.4) is 0 Å². The lowest BCUT2D eigenvalue weighted by atomic mass is 10.1. The Morgan fingerprint density at radius 2 is 1.76 bits per heavy atom. The Hall–Kier alpha value is -2.47. The van der Waals surface area contributed by atoms with Crippen molar-refractivity contribution in [3.05, 3.63) is 59.4 Å². The van der Waals surface area contributed by atoms with Crippen LogP contribution in [0.15, 0.2) is 47.5 Å². The molecule has 2 aromatic carbocycles. The highest BCUT2D eigenvalue weighted by atomic mass is 32.1. The van der Waals surface area contributed by atoms with E-state index in [2.05, 4.69) is 34.2 Å². The molecular weight excluding hydrogens is 285 g/mol. The summed E-state index contributed by atoms with van der Waals surface area (Å²) in [6, 6.07) is 11.9. The highest BCUT2D eigenvalue weighted by Crippen LogP contribution is 2.18. The normalized spacial score (nSPS) is 9.24. The summed E-state index contributed by atoms with van der Waals surface area (Å²) in [5, 5.41) is 2.30. The predicted octanol–water partition coefficient (Wildman–Crippen LogP) is 4.36. The summed E-state index contributed by atoms with van der Waals surface area (Å²) in [6.45, 7) is 2.24. The van der Waals surface area contributed by atoms with Gasteiger partial charge in [-0.05, 0) is 61.6 Å². The van der Waals surface area contributed by atoms with Crippen molar-refractivity contribution in [1.82, 2.24) is 0 Å². The molecule has 0 unspecified atom stereocenters. The fraction of sp³-hybridized carbons (Fsp3) is 0.118. The molecule has 4 heteroatoms. The van der Waals surface area contributed by atoms with Crippen molar-refractivity contribution in [2.24, 2.45) is 4.99 Å². The first kappa shape index (κ1) is 14.9. The number of hydrogen-bond donors (Lipinski definition) is 0. The molecule has 104 valence electrons. The SMILES string of the molecule is CCOc1ccc(C#Cc2ccc(N=C=S)cc2)cc1F. The second-order valence-corrected chi connectivity index (χ2v) is 4.26. The molecule has 2 nitrogen and oxygen atoms in total. The topological polar surface area (TPSA) is 21.6 Å². The number of thiocarbonyl (C=S) groups is 1. The van der Waals surface area contributed by atoms with Gasteiger partial charge in [-0.3, -0.25) is 0 Å². The lowest BCUT2D eigenvalue weighted by Crippen LogP contribution is -1.94. The second kappa shape index (κ2) is 7.35. The number of rotatable bonds is 3. The number of ether oxygens (including phenoxy) is 1. The summed E-state index contributed by atoms with van der Waals surface area (Å²) in [5.74, 6) is 5.71. The zero-order chi connectivity index (χ0) is 15.1. The average Bonchev–Trinajstić information content (AvgIpc) is 2.49. The summed E-state index contributed by atoms with van der Waals surface area (Å²) in [5.41, 5.74) is 2.13. The van der Waals surface area contributed by atoms with Crippen molar-refractivity contribution in [3.63, 3.8) is 0 Å². The first-order chi connectivity index (χ1) is 10.2. The van der Waals surface area contributed by atoms with Crippen molar-refractivity contribution in [1.29, 1.82) is 0 Å². The van der Waals surface area contributed by atoms with Crippen LogP contribution in [0.1, 0.15) is 18.1 Å². The van der Waals surface area contributed by atoms with E-state index in [0.717, 1.165) is 11.3 Å². The van der Waals surface area contributed by atoms with Gasteiger partial charge >= 0.3 is 0 Å². The molecule has 21 heavy (non-hydrogen) atoms. The van der Waals surface area contributed by atoms with Crippen LogP contribution >= 0.6 is 12.2 Å². The summed E-state index contributed by atoms with van der Waals surface area (Å²) >= 11 is 4.53. The van der Waals surface area contributed by atoms with Gasteiger partial charge in [-0.15, -0.1) is 0 Å². The third-order valence-corrected chi connectivity index (χ3v) is 2.72. The van der Waals surface area contributed by atoms with Crippen LogP contribution in [0, 0.1) is 17.7 Å². The molecule has 0 aliphatic carbocycles.